The minimum absolute atomic E-state index is 0.0249. The lowest BCUT2D eigenvalue weighted by Crippen LogP contribution is -2.10. The highest BCUT2D eigenvalue weighted by atomic mass is 15.0. The molecule has 0 aliphatic rings. The summed E-state index contributed by atoms with van der Waals surface area (Å²) in [7, 11) is 0. The van der Waals surface area contributed by atoms with Gasteiger partial charge in [-0.05, 0) is 128 Å². The lowest BCUT2D eigenvalue weighted by atomic mass is 9.85. The van der Waals surface area contributed by atoms with Crippen molar-refractivity contribution in [1.82, 2.24) is 9.13 Å². The summed E-state index contributed by atoms with van der Waals surface area (Å²) in [4.78, 5) is 3.95. The van der Waals surface area contributed by atoms with Crippen LogP contribution in [0.1, 0.15) is 111 Å². The van der Waals surface area contributed by atoms with Gasteiger partial charge in [0.15, 0.2) is 5.69 Å². The molecule has 0 saturated heterocycles. The molecular formula is C54H54N4. The van der Waals surface area contributed by atoms with E-state index >= 15 is 0 Å². The molecule has 58 heavy (non-hydrogen) atoms. The van der Waals surface area contributed by atoms with E-state index in [-0.39, 0.29) is 21.7 Å². The first-order valence-electron chi connectivity index (χ1n) is 20.4. The highest BCUT2D eigenvalue weighted by molar-refractivity contribution is 6.12. The lowest BCUT2D eigenvalue weighted by Gasteiger charge is -2.21. The predicted octanol–water partition coefficient (Wildman–Crippen LogP) is 15.2. The number of aromatic nitrogens is 2. The molecule has 4 heteroatoms. The second-order valence-corrected chi connectivity index (χ2v) is 20.3. The Labute approximate surface area is 344 Å². The van der Waals surface area contributed by atoms with Crippen molar-refractivity contribution >= 4 is 49.3 Å². The molecule has 4 nitrogen and oxygen atoms in total. The Morgan fingerprint density at radius 2 is 0.759 bits per heavy atom. The molecule has 0 aliphatic carbocycles. The van der Waals surface area contributed by atoms with Crippen molar-refractivity contribution < 1.29 is 0 Å². The zero-order valence-electron chi connectivity index (χ0n) is 36.2. The van der Waals surface area contributed by atoms with Crippen LogP contribution in [0.15, 0.2) is 109 Å². The van der Waals surface area contributed by atoms with Gasteiger partial charge in [-0.1, -0.05) is 113 Å². The fourth-order valence-corrected chi connectivity index (χ4v) is 8.45. The van der Waals surface area contributed by atoms with Crippen LogP contribution in [0.5, 0.6) is 0 Å². The Kier molecular flexibility index (Phi) is 8.84. The van der Waals surface area contributed by atoms with Crippen LogP contribution in [0.25, 0.3) is 71.0 Å². The van der Waals surface area contributed by atoms with Gasteiger partial charge in [-0.2, -0.15) is 5.26 Å². The minimum Gasteiger partial charge on any atom is -0.309 e. The van der Waals surface area contributed by atoms with E-state index in [0.29, 0.717) is 11.3 Å². The van der Waals surface area contributed by atoms with E-state index in [0.717, 1.165) is 44.6 Å². The highest BCUT2D eigenvalue weighted by Gasteiger charge is 2.26. The van der Waals surface area contributed by atoms with Gasteiger partial charge < -0.3 is 9.13 Å². The van der Waals surface area contributed by atoms with Crippen LogP contribution in [0.2, 0.25) is 0 Å². The van der Waals surface area contributed by atoms with Crippen LogP contribution in [0.4, 0.5) is 5.69 Å². The summed E-state index contributed by atoms with van der Waals surface area (Å²) in [5.74, 6) is 0. The summed E-state index contributed by atoms with van der Waals surface area (Å²) in [6.07, 6.45) is 0. The maximum atomic E-state index is 10.4. The van der Waals surface area contributed by atoms with Crippen molar-refractivity contribution in [2.45, 2.75) is 105 Å². The van der Waals surface area contributed by atoms with Gasteiger partial charge in [0.25, 0.3) is 0 Å². The number of benzene rings is 6. The van der Waals surface area contributed by atoms with Gasteiger partial charge in [0, 0.05) is 27.1 Å². The third kappa shape index (κ3) is 6.46. The zero-order valence-corrected chi connectivity index (χ0v) is 36.2. The highest BCUT2D eigenvalue weighted by Crippen LogP contribution is 2.45. The topological polar surface area (TPSA) is 38.0 Å². The van der Waals surface area contributed by atoms with Crippen LogP contribution in [-0.2, 0) is 21.7 Å². The molecule has 8 rings (SSSR count). The summed E-state index contributed by atoms with van der Waals surface area (Å²) in [6.45, 7) is 35.3. The van der Waals surface area contributed by atoms with Gasteiger partial charge in [0.2, 0.25) is 0 Å². The summed E-state index contributed by atoms with van der Waals surface area (Å²) >= 11 is 0. The Morgan fingerprint density at radius 3 is 1.07 bits per heavy atom. The average molecular weight is 759 g/mol. The Hall–Kier alpha value is -6.10. The molecule has 0 amide bonds. The smallest absolute Gasteiger partial charge is 0.188 e. The number of nitrogens with zero attached hydrogens (tertiary/aromatic N) is 4. The summed E-state index contributed by atoms with van der Waals surface area (Å²) in [5.41, 5.74) is 14.2. The first kappa shape index (κ1) is 38.8. The van der Waals surface area contributed by atoms with Crippen LogP contribution in [0.3, 0.4) is 0 Å². The van der Waals surface area contributed by atoms with Gasteiger partial charge in [0.1, 0.15) is 0 Å². The molecule has 0 saturated carbocycles. The Balaban J connectivity index is 1.50. The van der Waals surface area contributed by atoms with Crippen LogP contribution in [-0.4, -0.2) is 9.13 Å². The van der Waals surface area contributed by atoms with Crippen molar-refractivity contribution in [3.8, 4) is 28.6 Å². The van der Waals surface area contributed by atoms with Crippen LogP contribution in [0, 0.1) is 17.9 Å². The molecular weight excluding hydrogens is 705 g/mol. The molecule has 2 aromatic heterocycles. The van der Waals surface area contributed by atoms with Gasteiger partial charge in [0.05, 0.1) is 51.6 Å². The Morgan fingerprint density at radius 1 is 0.431 bits per heavy atom. The fraction of sp³-hybridized carbons (Fsp3) is 0.296. The van der Waals surface area contributed by atoms with E-state index in [1.54, 1.807) is 0 Å². The zero-order chi connectivity index (χ0) is 41.7. The molecule has 0 aliphatic heterocycles. The third-order valence-electron chi connectivity index (χ3n) is 12.0. The molecule has 0 radical (unpaired) electrons. The largest absolute Gasteiger partial charge is 0.309 e. The van der Waals surface area contributed by atoms with Gasteiger partial charge >= 0.3 is 0 Å². The van der Waals surface area contributed by atoms with Crippen molar-refractivity contribution in [2.75, 3.05) is 0 Å². The molecule has 290 valence electrons. The number of fused-ring (bicyclic) bond motifs is 6. The predicted molar refractivity (Wildman–Crippen MR) is 246 cm³/mol. The molecule has 0 bridgehead atoms. The van der Waals surface area contributed by atoms with E-state index in [1.165, 1.54) is 43.8 Å². The average Bonchev–Trinajstić information content (AvgIpc) is 3.67. The van der Waals surface area contributed by atoms with Crippen LogP contribution < -0.4 is 0 Å². The molecule has 0 unspecified atom stereocenters. The van der Waals surface area contributed by atoms with Crippen molar-refractivity contribution in [3.05, 3.63) is 148 Å². The maximum absolute atomic E-state index is 10.4. The molecule has 8 aromatic rings. The minimum atomic E-state index is -0.0252. The quantitative estimate of drug-likeness (QED) is 0.165. The SMILES string of the molecule is [C-]#[N+]c1ccc(-n2c3ccc(C(C)(C)C)cc3c3cc(C(C)(C)C)ccc32)c(-c2cc(C#N)ccc2-n2c3ccc(C(C)(C)C)cc3c3cc(C(C)(C)C)ccc32)c1. The molecule has 0 atom stereocenters. The Bertz CT molecular complexity index is 2700. The number of hydrogen-bond donors (Lipinski definition) is 0. The first-order chi connectivity index (χ1) is 27.2. The molecule has 6 aromatic carbocycles. The van der Waals surface area contributed by atoms with E-state index in [1.807, 2.05) is 24.3 Å². The van der Waals surface area contributed by atoms with E-state index in [9.17, 15) is 5.26 Å². The van der Waals surface area contributed by atoms with Gasteiger partial charge in [-0.3, -0.25) is 0 Å². The number of rotatable bonds is 3. The van der Waals surface area contributed by atoms with Crippen molar-refractivity contribution in [1.29, 1.82) is 5.26 Å². The first-order valence-corrected chi connectivity index (χ1v) is 20.4. The second kappa shape index (κ2) is 13.2. The molecule has 0 N–H and O–H groups in total. The fourth-order valence-electron chi connectivity index (χ4n) is 8.45. The molecule has 0 spiro atoms. The number of hydrogen-bond acceptors (Lipinski definition) is 1. The second-order valence-electron chi connectivity index (χ2n) is 20.3. The number of nitriles is 1. The van der Waals surface area contributed by atoms with Crippen molar-refractivity contribution in [2.24, 2.45) is 0 Å². The van der Waals surface area contributed by atoms with E-state index in [4.69, 9.17) is 6.57 Å². The normalized spacial score (nSPS) is 12.8. The van der Waals surface area contributed by atoms with E-state index < -0.39 is 0 Å². The third-order valence-corrected chi connectivity index (χ3v) is 12.0. The standard InChI is InChI=1S/C54H54N4/c1-51(2,3)34-15-21-46-40(27-34)41-28-35(52(4,5)6)16-22-47(41)57(46)45-20-14-33(32-55)26-39(45)44-31-38(56-13)19-25-50(44)58-48-23-17-36(53(7,8)9)29-42(48)43-30-37(54(10,11)12)18-24-49(43)58/h14-31H,1-12H3. The molecule has 0 fully saturated rings. The maximum Gasteiger partial charge on any atom is 0.188 e. The summed E-state index contributed by atoms with van der Waals surface area (Å²) in [5, 5.41) is 15.2. The van der Waals surface area contributed by atoms with E-state index in [2.05, 4.69) is 188 Å². The lowest BCUT2D eigenvalue weighted by molar-refractivity contribution is 0.590. The monoisotopic (exact) mass is 758 g/mol. The van der Waals surface area contributed by atoms with Crippen molar-refractivity contribution in [3.63, 3.8) is 0 Å². The van der Waals surface area contributed by atoms with Gasteiger partial charge in [-0.15, -0.1) is 0 Å². The van der Waals surface area contributed by atoms with Gasteiger partial charge in [-0.25, -0.2) is 4.85 Å². The van der Waals surface area contributed by atoms with Crippen LogP contribution >= 0.6 is 0 Å². The summed E-state index contributed by atoms with van der Waals surface area (Å²) < 4.78 is 4.73. The molecule has 2 heterocycles. The summed E-state index contributed by atoms with van der Waals surface area (Å²) in [6, 6.07) is 42.0.